The summed E-state index contributed by atoms with van der Waals surface area (Å²) in [6, 6.07) is 10.5. The Labute approximate surface area is 188 Å². The number of amides is 1. The molecule has 2 aromatic carbocycles. The number of hydrogen-bond acceptors (Lipinski definition) is 7. The minimum absolute atomic E-state index is 0.0332. The molecule has 2 aliphatic rings. The first kappa shape index (κ1) is 21.0. The molecule has 0 saturated carbocycles. The highest BCUT2D eigenvalue weighted by molar-refractivity contribution is 6.06. The second-order valence-corrected chi connectivity index (χ2v) is 7.76. The minimum Gasteiger partial charge on any atom is -0.454 e. The van der Waals surface area contributed by atoms with Gasteiger partial charge in [-0.05, 0) is 55.3 Å². The number of ether oxygens (including phenoxy) is 2. The van der Waals surface area contributed by atoms with Crippen molar-refractivity contribution in [3.05, 3.63) is 70.9 Å². The van der Waals surface area contributed by atoms with Crippen molar-refractivity contribution in [3.8, 4) is 11.5 Å². The number of carbonyl (C=O) groups is 1. The van der Waals surface area contributed by atoms with Gasteiger partial charge in [-0.15, -0.1) is 0 Å². The molecule has 3 N–H and O–H groups in total. The molecule has 1 aromatic heterocycles. The van der Waals surface area contributed by atoms with E-state index in [4.69, 9.17) is 9.47 Å². The maximum Gasteiger partial charge on any atom is 0.255 e. The van der Waals surface area contributed by atoms with Crippen LogP contribution in [-0.4, -0.2) is 39.2 Å². The Bertz CT molecular complexity index is 1240. The van der Waals surface area contributed by atoms with Crippen molar-refractivity contribution in [2.24, 2.45) is 0 Å². The van der Waals surface area contributed by atoms with Crippen molar-refractivity contribution in [3.63, 3.8) is 0 Å². The van der Waals surface area contributed by atoms with E-state index < -0.39 is 6.04 Å². The number of hydrogen-bond donors (Lipinski definition) is 3. The standard InChI is InChI=1S/C23H22FN5O4/c1-13-20(22(31)26-16-7-5-15(24)6-8-16)21(14-4-9-17-18(11-14)33-12-32-17)29-23(25-13)27-19(28-29)3-2-10-30/h4-9,11,21,30H,2-3,10,12H2,1H3,(H,26,31)(H,25,27,28). The number of allylic oxidation sites excluding steroid dienone is 1. The fraction of sp³-hybridized carbons (Fsp3) is 0.261. The van der Waals surface area contributed by atoms with E-state index >= 15 is 0 Å². The molecule has 9 nitrogen and oxygen atoms in total. The Kier molecular flexibility index (Phi) is 5.43. The van der Waals surface area contributed by atoms with Crippen LogP contribution in [0.3, 0.4) is 0 Å². The monoisotopic (exact) mass is 451 g/mol. The summed E-state index contributed by atoms with van der Waals surface area (Å²) < 4.78 is 25.9. The van der Waals surface area contributed by atoms with Gasteiger partial charge < -0.3 is 25.2 Å². The van der Waals surface area contributed by atoms with Crippen LogP contribution in [0.1, 0.15) is 30.8 Å². The number of carbonyl (C=O) groups excluding carboxylic acids is 1. The zero-order valence-electron chi connectivity index (χ0n) is 17.8. The van der Waals surface area contributed by atoms with Crippen LogP contribution < -0.4 is 20.1 Å². The molecule has 3 heterocycles. The number of aliphatic hydroxyl groups is 1. The Morgan fingerprint density at radius 3 is 2.82 bits per heavy atom. The average Bonchev–Trinajstić information content (AvgIpc) is 3.44. The number of rotatable bonds is 6. The summed E-state index contributed by atoms with van der Waals surface area (Å²) in [7, 11) is 0. The lowest BCUT2D eigenvalue weighted by molar-refractivity contribution is -0.113. The average molecular weight is 451 g/mol. The van der Waals surface area contributed by atoms with Gasteiger partial charge in [-0.25, -0.2) is 9.07 Å². The minimum atomic E-state index is -0.591. The van der Waals surface area contributed by atoms with Gasteiger partial charge in [0.2, 0.25) is 12.7 Å². The molecule has 0 spiro atoms. The van der Waals surface area contributed by atoms with E-state index in [0.29, 0.717) is 53.1 Å². The van der Waals surface area contributed by atoms with Crippen molar-refractivity contribution < 1.29 is 23.8 Å². The van der Waals surface area contributed by atoms with Gasteiger partial charge in [0, 0.05) is 24.4 Å². The molecule has 0 fully saturated rings. The molecule has 2 aliphatic heterocycles. The number of aliphatic hydroxyl groups excluding tert-OH is 1. The van der Waals surface area contributed by atoms with E-state index in [1.165, 1.54) is 24.3 Å². The Hall–Kier alpha value is -3.92. The molecule has 0 radical (unpaired) electrons. The summed E-state index contributed by atoms with van der Waals surface area (Å²) in [6.07, 6.45) is 1.03. The fourth-order valence-electron chi connectivity index (χ4n) is 3.96. The zero-order valence-corrected chi connectivity index (χ0v) is 17.8. The van der Waals surface area contributed by atoms with Crippen LogP contribution >= 0.6 is 0 Å². The molecule has 170 valence electrons. The molecule has 0 saturated heterocycles. The number of nitrogens with zero attached hydrogens (tertiary/aromatic N) is 3. The first-order valence-corrected chi connectivity index (χ1v) is 10.5. The van der Waals surface area contributed by atoms with Crippen LogP contribution in [0.25, 0.3) is 0 Å². The van der Waals surface area contributed by atoms with E-state index in [2.05, 4.69) is 20.7 Å². The lowest BCUT2D eigenvalue weighted by Gasteiger charge is -2.28. The summed E-state index contributed by atoms with van der Waals surface area (Å²) in [5, 5.41) is 19.8. The number of fused-ring (bicyclic) bond motifs is 2. The first-order valence-electron chi connectivity index (χ1n) is 10.5. The van der Waals surface area contributed by atoms with Gasteiger partial charge >= 0.3 is 0 Å². The van der Waals surface area contributed by atoms with E-state index in [1.807, 2.05) is 12.1 Å². The van der Waals surface area contributed by atoms with E-state index in [9.17, 15) is 14.3 Å². The number of aryl methyl sites for hydroxylation is 1. The van der Waals surface area contributed by atoms with Gasteiger partial charge in [-0.3, -0.25) is 4.79 Å². The van der Waals surface area contributed by atoms with Gasteiger partial charge in [-0.2, -0.15) is 10.1 Å². The zero-order chi connectivity index (χ0) is 22.9. The smallest absolute Gasteiger partial charge is 0.255 e. The predicted molar refractivity (Wildman–Crippen MR) is 117 cm³/mol. The quantitative estimate of drug-likeness (QED) is 0.528. The van der Waals surface area contributed by atoms with Gasteiger partial charge in [0.25, 0.3) is 5.91 Å². The van der Waals surface area contributed by atoms with Gasteiger partial charge in [0.1, 0.15) is 11.9 Å². The number of benzene rings is 2. The van der Waals surface area contributed by atoms with Crippen LogP contribution in [0.4, 0.5) is 16.0 Å². The number of halogens is 1. The van der Waals surface area contributed by atoms with E-state index in [-0.39, 0.29) is 25.1 Å². The van der Waals surface area contributed by atoms with Crippen LogP contribution in [0.15, 0.2) is 53.7 Å². The van der Waals surface area contributed by atoms with Crippen LogP contribution in [-0.2, 0) is 11.2 Å². The SMILES string of the molecule is CC1=C(C(=O)Nc2ccc(F)cc2)C(c2ccc3c(c2)OCO3)n2nc(CCCO)nc2N1. The van der Waals surface area contributed by atoms with Crippen LogP contribution in [0.5, 0.6) is 11.5 Å². The van der Waals surface area contributed by atoms with E-state index in [1.54, 1.807) is 17.7 Å². The molecule has 33 heavy (non-hydrogen) atoms. The van der Waals surface area contributed by atoms with Crippen LogP contribution in [0, 0.1) is 5.82 Å². The lowest BCUT2D eigenvalue weighted by atomic mass is 9.94. The van der Waals surface area contributed by atoms with Gasteiger partial charge in [0.15, 0.2) is 17.3 Å². The van der Waals surface area contributed by atoms with Crippen molar-refractivity contribution in [1.29, 1.82) is 0 Å². The van der Waals surface area contributed by atoms with Crippen molar-refractivity contribution in [2.45, 2.75) is 25.8 Å². The third kappa shape index (κ3) is 4.00. The number of nitrogens with one attached hydrogen (secondary N) is 2. The lowest BCUT2D eigenvalue weighted by Crippen LogP contribution is -2.31. The molecule has 0 bridgehead atoms. The van der Waals surface area contributed by atoms with Crippen molar-refractivity contribution in [2.75, 3.05) is 24.0 Å². The molecule has 5 rings (SSSR count). The molecule has 1 unspecified atom stereocenters. The van der Waals surface area contributed by atoms with Gasteiger partial charge in [0.05, 0.1) is 5.57 Å². The van der Waals surface area contributed by atoms with Crippen LogP contribution in [0.2, 0.25) is 0 Å². The summed E-state index contributed by atoms with van der Waals surface area (Å²) >= 11 is 0. The highest BCUT2D eigenvalue weighted by Gasteiger charge is 2.35. The highest BCUT2D eigenvalue weighted by Crippen LogP contribution is 2.40. The summed E-state index contributed by atoms with van der Waals surface area (Å²) in [4.78, 5) is 18.0. The van der Waals surface area contributed by atoms with Crippen molar-refractivity contribution in [1.82, 2.24) is 14.8 Å². The Morgan fingerprint density at radius 2 is 2.03 bits per heavy atom. The summed E-state index contributed by atoms with van der Waals surface area (Å²) in [5.74, 6) is 1.54. The summed E-state index contributed by atoms with van der Waals surface area (Å²) in [6.45, 7) is 1.97. The summed E-state index contributed by atoms with van der Waals surface area (Å²) in [5.41, 5.74) is 2.29. The number of aromatic nitrogens is 3. The largest absolute Gasteiger partial charge is 0.454 e. The maximum absolute atomic E-state index is 13.4. The third-order valence-corrected chi connectivity index (χ3v) is 5.51. The number of anilines is 2. The van der Waals surface area contributed by atoms with E-state index in [0.717, 1.165) is 5.56 Å². The predicted octanol–water partition coefficient (Wildman–Crippen LogP) is 3.00. The first-order chi connectivity index (χ1) is 16.0. The molecule has 1 atom stereocenters. The second-order valence-electron chi connectivity index (χ2n) is 7.76. The molecule has 0 aliphatic carbocycles. The Morgan fingerprint density at radius 1 is 1.24 bits per heavy atom. The fourth-order valence-corrected chi connectivity index (χ4v) is 3.96. The molecule has 10 heteroatoms. The topological polar surface area (TPSA) is 111 Å². The van der Waals surface area contributed by atoms with Crippen molar-refractivity contribution >= 4 is 17.5 Å². The molecule has 3 aromatic rings. The molecule has 1 amide bonds. The van der Waals surface area contributed by atoms with Gasteiger partial charge in [-0.1, -0.05) is 6.07 Å². The Balaban J connectivity index is 1.56. The maximum atomic E-state index is 13.4. The molecular formula is C23H22FN5O4. The molecular weight excluding hydrogens is 429 g/mol. The normalized spacial score (nSPS) is 16.4. The third-order valence-electron chi connectivity index (χ3n) is 5.51. The second kappa shape index (κ2) is 8.55. The highest BCUT2D eigenvalue weighted by atomic mass is 19.1.